The van der Waals surface area contributed by atoms with Crippen LogP contribution >= 0.6 is 11.3 Å². The van der Waals surface area contributed by atoms with Gasteiger partial charge in [-0.15, -0.1) is 11.3 Å². The predicted molar refractivity (Wildman–Crippen MR) is 97.1 cm³/mol. The number of aromatic nitrogens is 1. The van der Waals surface area contributed by atoms with Crippen molar-refractivity contribution >= 4 is 28.1 Å². The molecule has 0 aliphatic carbocycles. The predicted octanol–water partition coefficient (Wildman–Crippen LogP) is 4.39. The summed E-state index contributed by atoms with van der Waals surface area (Å²) in [6, 6.07) is 7.90. The van der Waals surface area contributed by atoms with Crippen molar-refractivity contribution in [1.82, 2.24) is 4.98 Å². The number of carbonyl (C=O) groups excluding carboxylic acids is 1. The molecule has 1 atom stereocenters. The fourth-order valence-electron chi connectivity index (χ4n) is 2.88. The lowest BCUT2D eigenvalue weighted by atomic mass is 10.0. The molecule has 23 heavy (non-hydrogen) atoms. The Morgan fingerprint density at radius 2 is 2.17 bits per heavy atom. The molecule has 1 aromatic heterocycles. The summed E-state index contributed by atoms with van der Waals surface area (Å²) in [5, 5.41) is 6.11. The van der Waals surface area contributed by atoms with E-state index < -0.39 is 0 Å². The molecule has 0 unspecified atom stereocenters. The minimum atomic E-state index is 0.0351. The lowest BCUT2D eigenvalue weighted by molar-refractivity contribution is -0.115. The highest BCUT2D eigenvalue weighted by Crippen LogP contribution is 2.30. The minimum Gasteiger partial charge on any atom is -0.348 e. The van der Waals surface area contributed by atoms with E-state index in [1.165, 1.54) is 12.8 Å². The third-order valence-electron chi connectivity index (χ3n) is 4.21. The van der Waals surface area contributed by atoms with Gasteiger partial charge >= 0.3 is 0 Å². The second-order valence-corrected chi connectivity index (χ2v) is 7.02. The number of thiazole rings is 1. The summed E-state index contributed by atoms with van der Waals surface area (Å²) in [6.45, 7) is 6.38. The largest absolute Gasteiger partial charge is 0.348 e. The van der Waals surface area contributed by atoms with Gasteiger partial charge in [0, 0.05) is 36.1 Å². The summed E-state index contributed by atoms with van der Waals surface area (Å²) in [5.41, 5.74) is 2.93. The molecule has 2 heterocycles. The summed E-state index contributed by atoms with van der Waals surface area (Å²) in [7, 11) is 0. The molecule has 0 spiro atoms. The molecule has 122 valence electrons. The van der Waals surface area contributed by atoms with Gasteiger partial charge < -0.3 is 10.2 Å². The molecule has 1 N–H and O–H groups in total. The molecule has 1 aliphatic heterocycles. The summed E-state index contributed by atoms with van der Waals surface area (Å²) >= 11 is 1.72. The van der Waals surface area contributed by atoms with Gasteiger partial charge in [-0.2, -0.15) is 0 Å². The fourth-order valence-corrected chi connectivity index (χ4v) is 3.75. The van der Waals surface area contributed by atoms with Crippen LogP contribution < -0.4 is 10.2 Å². The zero-order valence-corrected chi connectivity index (χ0v) is 14.5. The Bertz CT molecular complexity index is 665. The van der Waals surface area contributed by atoms with Crippen molar-refractivity contribution in [3.63, 3.8) is 0 Å². The van der Waals surface area contributed by atoms with Crippen LogP contribution in [0.3, 0.4) is 0 Å². The molecular weight excluding hydrogens is 306 g/mol. The second-order valence-electron chi connectivity index (χ2n) is 6.19. The van der Waals surface area contributed by atoms with Crippen molar-refractivity contribution in [3.05, 3.63) is 29.6 Å². The highest BCUT2D eigenvalue weighted by Gasteiger charge is 2.19. The highest BCUT2D eigenvalue weighted by atomic mass is 32.1. The van der Waals surface area contributed by atoms with E-state index in [2.05, 4.69) is 22.5 Å². The number of anilines is 2. The first-order chi connectivity index (χ1) is 11.2. The standard InChI is InChI=1S/C18H23N3OS/c1-3-17(22)19-15-8-6-14(7-9-15)16-12-23-18(20-16)21-10-4-5-13(2)11-21/h6-9,12-13H,3-5,10-11H2,1-2H3,(H,19,22)/t13-/m1/s1. The average molecular weight is 329 g/mol. The molecule has 0 bridgehead atoms. The first kappa shape index (κ1) is 16.0. The van der Waals surface area contributed by atoms with E-state index in [1.54, 1.807) is 11.3 Å². The molecule has 4 nitrogen and oxygen atoms in total. The molecule has 0 saturated carbocycles. The van der Waals surface area contributed by atoms with Crippen LogP contribution in [0.4, 0.5) is 10.8 Å². The molecule has 0 radical (unpaired) electrons. The third-order valence-corrected chi connectivity index (χ3v) is 5.11. The van der Waals surface area contributed by atoms with E-state index in [4.69, 9.17) is 4.98 Å². The third kappa shape index (κ3) is 3.91. The van der Waals surface area contributed by atoms with E-state index in [0.717, 1.165) is 41.1 Å². The van der Waals surface area contributed by atoms with Crippen LogP contribution in [0, 0.1) is 5.92 Å². The fraction of sp³-hybridized carbons (Fsp3) is 0.444. The van der Waals surface area contributed by atoms with Crippen LogP contribution in [0.25, 0.3) is 11.3 Å². The van der Waals surface area contributed by atoms with Crippen molar-refractivity contribution < 1.29 is 4.79 Å². The zero-order valence-electron chi connectivity index (χ0n) is 13.7. The Labute approximate surface area is 141 Å². The van der Waals surface area contributed by atoms with Crippen LogP contribution in [-0.2, 0) is 4.79 Å². The molecule has 1 aliphatic rings. The average Bonchev–Trinajstić information content (AvgIpc) is 3.05. The van der Waals surface area contributed by atoms with Crippen LogP contribution in [0.1, 0.15) is 33.1 Å². The van der Waals surface area contributed by atoms with Crippen LogP contribution in [0.5, 0.6) is 0 Å². The smallest absolute Gasteiger partial charge is 0.224 e. The molecule has 1 amide bonds. The lowest BCUT2D eigenvalue weighted by Gasteiger charge is -2.30. The molecule has 3 rings (SSSR count). The van der Waals surface area contributed by atoms with Crippen molar-refractivity contribution in [2.24, 2.45) is 5.92 Å². The maximum atomic E-state index is 11.4. The zero-order chi connectivity index (χ0) is 16.2. The number of nitrogens with one attached hydrogen (secondary N) is 1. The number of hydrogen-bond donors (Lipinski definition) is 1. The number of piperidine rings is 1. The first-order valence-corrected chi connectivity index (χ1v) is 9.14. The summed E-state index contributed by atoms with van der Waals surface area (Å²) < 4.78 is 0. The van der Waals surface area contributed by atoms with Crippen LogP contribution in [-0.4, -0.2) is 24.0 Å². The van der Waals surface area contributed by atoms with E-state index in [1.807, 2.05) is 31.2 Å². The number of hydrogen-bond acceptors (Lipinski definition) is 4. The molecule has 2 aromatic rings. The summed E-state index contributed by atoms with van der Waals surface area (Å²) in [5.74, 6) is 0.783. The molecule has 1 fully saturated rings. The van der Waals surface area contributed by atoms with Crippen molar-refractivity contribution in [1.29, 1.82) is 0 Å². The van der Waals surface area contributed by atoms with Gasteiger partial charge in [0.2, 0.25) is 5.91 Å². The Kier molecular flexibility index (Phi) is 4.96. The Balaban J connectivity index is 1.71. The van der Waals surface area contributed by atoms with Crippen LogP contribution in [0.2, 0.25) is 0 Å². The van der Waals surface area contributed by atoms with Gasteiger partial charge in [-0.05, 0) is 30.9 Å². The maximum Gasteiger partial charge on any atom is 0.224 e. The van der Waals surface area contributed by atoms with Crippen molar-refractivity contribution in [2.45, 2.75) is 33.1 Å². The van der Waals surface area contributed by atoms with Gasteiger partial charge in [0.15, 0.2) is 5.13 Å². The Morgan fingerprint density at radius 1 is 1.39 bits per heavy atom. The SMILES string of the molecule is CCC(=O)Nc1ccc(-c2csc(N3CCC[C@@H](C)C3)n2)cc1. The monoisotopic (exact) mass is 329 g/mol. The van der Waals surface area contributed by atoms with Gasteiger partial charge in [0.25, 0.3) is 0 Å². The van der Waals surface area contributed by atoms with Gasteiger partial charge in [-0.3, -0.25) is 4.79 Å². The number of amides is 1. The maximum absolute atomic E-state index is 11.4. The van der Waals surface area contributed by atoms with Gasteiger partial charge in [0.05, 0.1) is 5.69 Å². The van der Waals surface area contributed by atoms with Gasteiger partial charge in [-0.25, -0.2) is 4.98 Å². The van der Waals surface area contributed by atoms with E-state index >= 15 is 0 Å². The van der Waals surface area contributed by atoms with Crippen molar-refractivity contribution in [3.8, 4) is 11.3 Å². The molecular formula is C18H23N3OS. The van der Waals surface area contributed by atoms with E-state index in [-0.39, 0.29) is 5.91 Å². The molecule has 5 heteroatoms. The van der Waals surface area contributed by atoms with E-state index in [9.17, 15) is 4.79 Å². The normalized spacial score (nSPS) is 18.0. The summed E-state index contributed by atoms with van der Waals surface area (Å²) in [6.07, 6.45) is 3.06. The molecule has 1 saturated heterocycles. The summed E-state index contributed by atoms with van der Waals surface area (Å²) in [4.78, 5) is 18.6. The van der Waals surface area contributed by atoms with Gasteiger partial charge in [-0.1, -0.05) is 26.0 Å². The topological polar surface area (TPSA) is 45.2 Å². The Hall–Kier alpha value is -1.88. The van der Waals surface area contributed by atoms with Crippen LogP contribution in [0.15, 0.2) is 29.6 Å². The quantitative estimate of drug-likeness (QED) is 0.904. The molecule has 1 aromatic carbocycles. The minimum absolute atomic E-state index is 0.0351. The van der Waals surface area contributed by atoms with E-state index in [0.29, 0.717) is 6.42 Å². The highest BCUT2D eigenvalue weighted by molar-refractivity contribution is 7.14. The Morgan fingerprint density at radius 3 is 2.87 bits per heavy atom. The second kappa shape index (κ2) is 7.13. The van der Waals surface area contributed by atoms with Crippen molar-refractivity contribution in [2.75, 3.05) is 23.3 Å². The first-order valence-electron chi connectivity index (χ1n) is 8.26. The lowest BCUT2D eigenvalue weighted by Crippen LogP contribution is -2.34. The van der Waals surface area contributed by atoms with Gasteiger partial charge in [0.1, 0.15) is 0 Å². The number of nitrogens with zero attached hydrogens (tertiary/aromatic N) is 2. The number of benzene rings is 1. The number of carbonyl (C=O) groups is 1. The number of rotatable bonds is 4.